The quantitative estimate of drug-likeness (QED) is 0.741. The number of hydrogen-bond acceptors (Lipinski definition) is 4. The first-order chi connectivity index (χ1) is 10.7. The maximum absolute atomic E-state index is 11.4. The molecule has 1 aromatic heterocycles. The normalized spacial score (nSPS) is 10.6. The summed E-state index contributed by atoms with van der Waals surface area (Å²) in [5.41, 5.74) is 2.07. The molecule has 22 heavy (non-hydrogen) atoms. The molecule has 4 nitrogen and oxygen atoms in total. The summed E-state index contributed by atoms with van der Waals surface area (Å²) in [7, 11) is 0. The van der Waals surface area contributed by atoms with Crippen LogP contribution in [0.25, 0.3) is 22.2 Å². The minimum Gasteiger partial charge on any atom is -0.545 e. The predicted octanol–water partition coefficient (Wildman–Crippen LogP) is 2.66. The van der Waals surface area contributed by atoms with Gasteiger partial charge < -0.3 is 14.6 Å². The first kappa shape index (κ1) is 14.1. The van der Waals surface area contributed by atoms with Crippen molar-refractivity contribution < 1.29 is 14.6 Å². The third-order valence-electron chi connectivity index (χ3n) is 3.40. The number of carbonyl (C=O) groups excluding carboxylic acids is 1. The van der Waals surface area contributed by atoms with Gasteiger partial charge in [0, 0.05) is 16.5 Å². The highest BCUT2D eigenvalue weighted by molar-refractivity contribution is 6.03. The van der Waals surface area contributed by atoms with E-state index in [-0.39, 0.29) is 5.56 Å². The van der Waals surface area contributed by atoms with Gasteiger partial charge in [-0.05, 0) is 31.2 Å². The van der Waals surface area contributed by atoms with E-state index in [0.717, 1.165) is 5.56 Å². The zero-order chi connectivity index (χ0) is 15.5. The van der Waals surface area contributed by atoms with Gasteiger partial charge in [0.05, 0.1) is 23.8 Å². The highest BCUT2D eigenvalue weighted by atomic mass is 16.5. The van der Waals surface area contributed by atoms with Gasteiger partial charge in [-0.2, -0.15) is 0 Å². The second-order valence-electron chi connectivity index (χ2n) is 4.79. The highest BCUT2D eigenvalue weighted by Crippen LogP contribution is 2.31. The van der Waals surface area contributed by atoms with Gasteiger partial charge in [0.15, 0.2) is 0 Å². The molecule has 0 atom stereocenters. The van der Waals surface area contributed by atoms with E-state index in [0.29, 0.717) is 29.0 Å². The Balaban J connectivity index is 2.26. The molecule has 0 spiro atoms. The highest BCUT2D eigenvalue weighted by Gasteiger charge is 2.11. The van der Waals surface area contributed by atoms with Crippen molar-refractivity contribution in [3.63, 3.8) is 0 Å². The second kappa shape index (κ2) is 5.85. The van der Waals surface area contributed by atoms with Gasteiger partial charge in [-0.1, -0.05) is 30.3 Å². The lowest BCUT2D eigenvalue weighted by Crippen LogP contribution is -2.22. The molecule has 0 saturated heterocycles. The van der Waals surface area contributed by atoms with Crippen LogP contribution in [0.2, 0.25) is 0 Å². The summed E-state index contributed by atoms with van der Waals surface area (Å²) in [6.07, 6.45) is 0. The Labute approximate surface area is 128 Å². The number of fused-ring (bicyclic) bond motifs is 1. The smallest absolute Gasteiger partial charge is 0.128 e. The number of nitrogens with zero attached hydrogens (tertiary/aromatic N) is 1. The molecule has 0 bridgehead atoms. The summed E-state index contributed by atoms with van der Waals surface area (Å²) >= 11 is 0. The molecule has 0 radical (unpaired) electrons. The summed E-state index contributed by atoms with van der Waals surface area (Å²) < 4.78 is 5.60. The number of aromatic nitrogens is 1. The van der Waals surface area contributed by atoms with Gasteiger partial charge in [-0.15, -0.1) is 0 Å². The molecule has 2 aromatic carbocycles. The number of aromatic carboxylic acids is 1. The molecule has 0 aliphatic carbocycles. The third-order valence-corrected chi connectivity index (χ3v) is 3.40. The van der Waals surface area contributed by atoms with Gasteiger partial charge in [0.2, 0.25) is 0 Å². The van der Waals surface area contributed by atoms with E-state index in [4.69, 9.17) is 4.74 Å². The molecule has 1 heterocycles. The zero-order valence-corrected chi connectivity index (χ0v) is 12.1. The Kier molecular flexibility index (Phi) is 3.74. The average Bonchev–Trinajstić information content (AvgIpc) is 2.54. The number of carboxylic acids is 1. The van der Waals surface area contributed by atoms with Crippen LogP contribution >= 0.6 is 0 Å². The number of carbonyl (C=O) groups is 1. The van der Waals surface area contributed by atoms with Crippen LogP contribution in [0, 0.1) is 0 Å². The van der Waals surface area contributed by atoms with Crippen LogP contribution in [0.4, 0.5) is 0 Å². The van der Waals surface area contributed by atoms with E-state index in [2.05, 4.69) is 4.98 Å². The van der Waals surface area contributed by atoms with E-state index in [1.165, 1.54) is 6.07 Å². The van der Waals surface area contributed by atoms with Gasteiger partial charge in [-0.25, -0.2) is 4.98 Å². The second-order valence-corrected chi connectivity index (χ2v) is 4.79. The molecule has 4 heteroatoms. The lowest BCUT2D eigenvalue weighted by Gasteiger charge is -2.13. The van der Waals surface area contributed by atoms with E-state index in [1.54, 1.807) is 18.2 Å². The maximum atomic E-state index is 11.4. The fourth-order valence-electron chi connectivity index (χ4n) is 2.44. The molecule has 0 fully saturated rings. The summed E-state index contributed by atoms with van der Waals surface area (Å²) in [5.74, 6) is -0.536. The Morgan fingerprint density at radius 1 is 1.14 bits per heavy atom. The van der Waals surface area contributed by atoms with Crippen LogP contribution in [-0.2, 0) is 0 Å². The van der Waals surface area contributed by atoms with E-state index >= 15 is 0 Å². The van der Waals surface area contributed by atoms with E-state index in [9.17, 15) is 9.90 Å². The number of benzene rings is 2. The Morgan fingerprint density at radius 3 is 2.64 bits per heavy atom. The van der Waals surface area contributed by atoms with Crippen LogP contribution in [0.3, 0.4) is 0 Å². The minimum absolute atomic E-state index is 0.131. The van der Waals surface area contributed by atoms with E-state index in [1.807, 2.05) is 37.3 Å². The zero-order valence-electron chi connectivity index (χ0n) is 12.1. The number of ether oxygens (including phenoxy) is 1. The molecule has 0 saturated carbocycles. The fourth-order valence-corrected chi connectivity index (χ4v) is 2.44. The molecular formula is C18H14NO3-. The molecular weight excluding hydrogens is 278 g/mol. The average molecular weight is 292 g/mol. The van der Waals surface area contributed by atoms with Crippen molar-refractivity contribution in [2.45, 2.75) is 6.92 Å². The SMILES string of the molecule is CCOc1ccccc1-c1cc(C(=O)[O-])c2ccccc2n1. The molecule has 3 aromatic rings. The maximum Gasteiger partial charge on any atom is 0.128 e. The van der Waals surface area contributed by atoms with Crippen molar-refractivity contribution in [2.24, 2.45) is 0 Å². The van der Waals surface area contributed by atoms with Gasteiger partial charge in [0.25, 0.3) is 0 Å². The van der Waals surface area contributed by atoms with Crippen LogP contribution in [0.15, 0.2) is 54.6 Å². The van der Waals surface area contributed by atoms with Crippen LogP contribution < -0.4 is 9.84 Å². The van der Waals surface area contributed by atoms with E-state index < -0.39 is 5.97 Å². The largest absolute Gasteiger partial charge is 0.545 e. The summed E-state index contributed by atoms with van der Waals surface area (Å²) in [5, 5.41) is 12.0. The number of hydrogen-bond donors (Lipinski definition) is 0. The molecule has 110 valence electrons. The lowest BCUT2D eigenvalue weighted by molar-refractivity contribution is -0.254. The minimum atomic E-state index is -1.21. The standard InChI is InChI=1S/C18H15NO3/c1-2-22-17-10-6-4-8-13(17)16-11-14(18(20)21)12-7-3-5-9-15(12)19-16/h3-11H,2H2,1H3,(H,20,21)/p-1. The number of pyridine rings is 1. The summed E-state index contributed by atoms with van der Waals surface area (Å²) in [4.78, 5) is 16.0. The number of rotatable bonds is 4. The first-order valence-corrected chi connectivity index (χ1v) is 7.04. The van der Waals surface area contributed by atoms with Crippen LogP contribution in [-0.4, -0.2) is 17.6 Å². The molecule has 0 N–H and O–H groups in total. The first-order valence-electron chi connectivity index (χ1n) is 7.04. The van der Waals surface area contributed by atoms with Crippen molar-refractivity contribution in [3.05, 3.63) is 60.2 Å². The molecule has 0 aliphatic heterocycles. The fraction of sp³-hybridized carbons (Fsp3) is 0.111. The van der Waals surface area contributed by atoms with Gasteiger partial charge >= 0.3 is 0 Å². The van der Waals surface area contributed by atoms with Gasteiger partial charge in [0.1, 0.15) is 5.75 Å². The molecule has 3 rings (SSSR count). The van der Waals surface area contributed by atoms with Crippen LogP contribution in [0.1, 0.15) is 17.3 Å². The Hall–Kier alpha value is -2.88. The van der Waals surface area contributed by atoms with Crippen molar-refractivity contribution in [1.82, 2.24) is 4.98 Å². The topological polar surface area (TPSA) is 62.2 Å². The summed E-state index contributed by atoms with van der Waals surface area (Å²) in [6.45, 7) is 2.43. The molecule has 0 amide bonds. The Morgan fingerprint density at radius 2 is 1.86 bits per heavy atom. The summed E-state index contributed by atoms with van der Waals surface area (Å²) in [6, 6.07) is 16.1. The number of para-hydroxylation sites is 2. The molecule has 0 unspecified atom stereocenters. The monoisotopic (exact) mass is 292 g/mol. The van der Waals surface area contributed by atoms with Crippen molar-refractivity contribution in [2.75, 3.05) is 6.61 Å². The third kappa shape index (κ3) is 2.51. The number of carboxylic acid groups (broad SMARTS) is 1. The Bertz CT molecular complexity index is 843. The van der Waals surface area contributed by atoms with Crippen LogP contribution in [0.5, 0.6) is 5.75 Å². The van der Waals surface area contributed by atoms with Gasteiger partial charge in [-0.3, -0.25) is 0 Å². The van der Waals surface area contributed by atoms with Crippen molar-refractivity contribution in [3.8, 4) is 17.0 Å². The van der Waals surface area contributed by atoms with Crippen molar-refractivity contribution >= 4 is 16.9 Å². The van der Waals surface area contributed by atoms with Crippen molar-refractivity contribution in [1.29, 1.82) is 0 Å². The predicted molar refractivity (Wildman–Crippen MR) is 82.7 cm³/mol. The lowest BCUT2D eigenvalue weighted by atomic mass is 10.0. The molecule has 0 aliphatic rings.